The number of nitrogens with two attached hydrogens (primary N) is 2. The summed E-state index contributed by atoms with van der Waals surface area (Å²) in [7, 11) is 0. The molecule has 2 aromatic carbocycles. The van der Waals surface area contributed by atoms with Crippen LogP contribution in [0, 0.1) is 6.92 Å². The first-order chi connectivity index (χ1) is 18.1. The average Bonchev–Trinajstić information content (AvgIpc) is 2.90. The lowest BCUT2D eigenvalue weighted by molar-refractivity contribution is -0.138. The summed E-state index contributed by atoms with van der Waals surface area (Å²) in [6, 6.07) is 12.2. The number of nitrogens with zero attached hydrogens (tertiary/aromatic N) is 3. The highest BCUT2D eigenvalue weighted by atomic mass is 19.4. The standard InChI is InChI=1S/C27H29F3N6O2/c1-18-4-5-19(13-25(18)36(32)17-24(31)20-3-2-8-33-15-20)26(37)34-22-7-6-21(23(14-22)27(28,29)30)16-35-9-11-38-12-10-35/h2-8,13-15,17H,9-12,16,31-32H2,1H3,(H,34,37)/b24-17-. The van der Waals surface area contributed by atoms with E-state index in [9.17, 15) is 18.0 Å². The van der Waals surface area contributed by atoms with Crippen molar-refractivity contribution in [3.63, 3.8) is 0 Å². The van der Waals surface area contributed by atoms with E-state index in [4.69, 9.17) is 16.3 Å². The SMILES string of the molecule is Cc1ccc(C(=O)Nc2ccc(CN3CCOCC3)c(C(F)(F)F)c2)cc1N(N)/C=C(\N)c1cccnc1. The van der Waals surface area contributed by atoms with Crippen molar-refractivity contribution in [1.82, 2.24) is 9.88 Å². The van der Waals surface area contributed by atoms with Crippen LogP contribution in [0.25, 0.3) is 5.70 Å². The lowest BCUT2D eigenvalue weighted by atomic mass is 10.0. The molecule has 0 atom stereocenters. The van der Waals surface area contributed by atoms with Crippen molar-refractivity contribution in [2.24, 2.45) is 11.6 Å². The Morgan fingerprint density at radius 1 is 1.16 bits per heavy atom. The Labute approximate surface area is 218 Å². The van der Waals surface area contributed by atoms with Crippen LogP contribution in [0.3, 0.4) is 0 Å². The molecule has 11 heteroatoms. The van der Waals surface area contributed by atoms with E-state index in [1.54, 1.807) is 42.7 Å². The van der Waals surface area contributed by atoms with E-state index < -0.39 is 17.6 Å². The van der Waals surface area contributed by atoms with E-state index in [2.05, 4.69) is 10.3 Å². The molecule has 0 spiro atoms. The summed E-state index contributed by atoms with van der Waals surface area (Å²) in [5.41, 5.74) is 8.06. The summed E-state index contributed by atoms with van der Waals surface area (Å²) in [5.74, 6) is 5.63. The highest BCUT2D eigenvalue weighted by molar-refractivity contribution is 6.05. The first-order valence-corrected chi connectivity index (χ1v) is 12.0. The van der Waals surface area contributed by atoms with Gasteiger partial charge in [0.15, 0.2) is 0 Å². The largest absolute Gasteiger partial charge is 0.416 e. The first-order valence-electron chi connectivity index (χ1n) is 12.0. The lowest BCUT2D eigenvalue weighted by Gasteiger charge is -2.27. The summed E-state index contributed by atoms with van der Waals surface area (Å²) in [4.78, 5) is 18.9. The zero-order valence-electron chi connectivity index (χ0n) is 20.8. The van der Waals surface area contributed by atoms with Gasteiger partial charge in [-0.05, 0) is 54.4 Å². The molecule has 3 aromatic rings. The van der Waals surface area contributed by atoms with Gasteiger partial charge in [-0.25, -0.2) is 5.84 Å². The van der Waals surface area contributed by atoms with E-state index >= 15 is 0 Å². The van der Waals surface area contributed by atoms with Crippen molar-refractivity contribution < 1.29 is 22.7 Å². The van der Waals surface area contributed by atoms with Gasteiger partial charge in [-0.15, -0.1) is 0 Å². The number of ether oxygens (including phenoxy) is 1. The second-order valence-electron chi connectivity index (χ2n) is 8.95. The molecule has 1 aromatic heterocycles. The number of nitrogens with one attached hydrogen (secondary N) is 1. The maximum Gasteiger partial charge on any atom is 0.416 e. The Bertz CT molecular complexity index is 1310. The van der Waals surface area contributed by atoms with Crippen LogP contribution in [0.1, 0.15) is 32.6 Å². The van der Waals surface area contributed by atoms with Crippen LogP contribution >= 0.6 is 0 Å². The van der Waals surface area contributed by atoms with Gasteiger partial charge >= 0.3 is 6.18 Å². The maximum atomic E-state index is 13.9. The monoisotopic (exact) mass is 526 g/mol. The van der Waals surface area contributed by atoms with Gasteiger partial charge in [-0.2, -0.15) is 13.2 Å². The number of hydrogen-bond donors (Lipinski definition) is 3. The van der Waals surface area contributed by atoms with E-state index in [0.717, 1.165) is 11.6 Å². The highest BCUT2D eigenvalue weighted by Gasteiger charge is 2.34. The number of morpholine rings is 1. The van der Waals surface area contributed by atoms with E-state index in [0.29, 0.717) is 43.3 Å². The number of amides is 1. The molecule has 5 N–H and O–H groups in total. The van der Waals surface area contributed by atoms with E-state index in [1.165, 1.54) is 23.3 Å². The average molecular weight is 527 g/mol. The number of carbonyl (C=O) groups is 1. The molecule has 0 radical (unpaired) electrons. The third-order valence-corrected chi connectivity index (χ3v) is 6.19. The Kier molecular flexibility index (Phi) is 8.30. The molecule has 1 aliphatic heterocycles. The second kappa shape index (κ2) is 11.6. The van der Waals surface area contributed by atoms with E-state index in [1.807, 2.05) is 11.8 Å². The second-order valence-corrected chi connectivity index (χ2v) is 8.95. The summed E-state index contributed by atoms with van der Waals surface area (Å²) >= 11 is 0. The van der Waals surface area contributed by atoms with Gasteiger partial charge in [-0.1, -0.05) is 12.1 Å². The molecule has 0 bridgehead atoms. The summed E-state index contributed by atoms with van der Waals surface area (Å²) in [6.45, 7) is 4.06. The topological polar surface area (TPSA) is 110 Å². The number of aromatic nitrogens is 1. The predicted molar refractivity (Wildman–Crippen MR) is 140 cm³/mol. The van der Waals surface area contributed by atoms with Crippen molar-refractivity contribution in [3.05, 3.63) is 94.9 Å². The fourth-order valence-electron chi connectivity index (χ4n) is 4.12. The summed E-state index contributed by atoms with van der Waals surface area (Å²) in [6.07, 6.45) is 0.153. The molecule has 8 nitrogen and oxygen atoms in total. The van der Waals surface area contributed by atoms with Crippen molar-refractivity contribution in [2.45, 2.75) is 19.6 Å². The fraction of sp³-hybridized carbons (Fsp3) is 0.259. The minimum atomic E-state index is -4.57. The zero-order valence-corrected chi connectivity index (χ0v) is 20.8. The summed E-state index contributed by atoms with van der Waals surface area (Å²) < 4.78 is 46.9. The summed E-state index contributed by atoms with van der Waals surface area (Å²) in [5, 5.41) is 3.86. The molecule has 0 aliphatic carbocycles. The van der Waals surface area contributed by atoms with Gasteiger partial charge in [0.1, 0.15) is 0 Å². The number of benzene rings is 2. The predicted octanol–water partition coefficient (Wildman–Crippen LogP) is 4.13. The number of rotatable bonds is 7. The van der Waals surface area contributed by atoms with Crippen LogP contribution in [0.5, 0.6) is 0 Å². The number of halogens is 3. The lowest BCUT2D eigenvalue weighted by Crippen LogP contribution is -2.36. The van der Waals surface area contributed by atoms with Crippen molar-refractivity contribution in [1.29, 1.82) is 0 Å². The quantitative estimate of drug-likeness (QED) is 0.314. The van der Waals surface area contributed by atoms with Crippen LogP contribution in [0.4, 0.5) is 24.5 Å². The first kappa shape index (κ1) is 27.1. The Morgan fingerprint density at radius 2 is 1.92 bits per heavy atom. The van der Waals surface area contributed by atoms with Gasteiger partial charge in [-0.3, -0.25) is 19.7 Å². The number of carbonyl (C=O) groups excluding carboxylic acids is 1. The van der Waals surface area contributed by atoms with Crippen LogP contribution in [0.2, 0.25) is 0 Å². The molecule has 0 saturated carbocycles. The normalized spacial score (nSPS) is 14.8. The van der Waals surface area contributed by atoms with Crippen LogP contribution in [-0.2, 0) is 17.5 Å². The zero-order chi connectivity index (χ0) is 27.3. The van der Waals surface area contributed by atoms with Gasteiger partial charge in [0.05, 0.1) is 30.2 Å². The van der Waals surface area contributed by atoms with Gasteiger partial charge in [0, 0.05) is 55.0 Å². The molecule has 200 valence electrons. The molecule has 4 rings (SSSR count). The van der Waals surface area contributed by atoms with Crippen LogP contribution in [0.15, 0.2) is 67.1 Å². The molecular weight excluding hydrogens is 497 g/mol. The van der Waals surface area contributed by atoms with Gasteiger partial charge in [0.25, 0.3) is 5.91 Å². The third kappa shape index (κ3) is 6.68. The number of aryl methyl sites for hydroxylation is 1. The maximum absolute atomic E-state index is 13.9. The van der Waals surface area contributed by atoms with Crippen LogP contribution < -0.4 is 21.9 Å². The minimum absolute atomic E-state index is 0.0421. The molecule has 1 saturated heterocycles. The number of alkyl halides is 3. The van der Waals surface area contributed by atoms with Gasteiger partial charge in [0.2, 0.25) is 0 Å². The van der Waals surface area contributed by atoms with Gasteiger partial charge < -0.3 is 15.8 Å². The minimum Gasteiger partial charge on any atom is -0.397 e. The molecule has 1 fully saturated rings. The number of pyridine rings is 1. The smallest absolute Gasteiger partial charge is 0.397 e. The van der Waals surface area contributed by atoms with Crippen molar-refractivity contribution in [3.8, 4) is 0 Å². The van der Waals surface area contributed by atoms with Crippen LogP contribution in [-0.4, -0.2) is 42.1 Å². The Balaban J connectivity index is 1.53. The van der Waals surface area contributed by atoms with Crippen molar-refractivity contribution in [2.75, 3.05) is 36.6 Å². The third-order valence-electron chi connectivity index (χ3n) is 6.19. The number of anilines is 2. The number of hydrazine groups is 1. The Hall–Kier alpha value is -3.93. The fourth-order valence-corrected chi connectivity index (χ4v) is 4.12. The molecule has 0 unspecified atom stereocenters. The molecule has 1 amide bonds. The van der Waals surface area contributed by atoms with Crippen molar-refractivity contribution >= 4 is 23.0 Å². The molecule has 2 heterocycles. The van der Waals surface area contributed by atoms with E-state index in [-0.39, 0.29) is 23.4 Å². The molecule has 1 aliphatic rings. The molecular formula is C27H29F3N6O2. The number of hydrogen-bond acceptors (Lipinski definition) is 7. The Morgan fingerprint density at radius 3 is 2.61 bits per heavy atom. The molecule has 38 heavy (non-hydrogen) atoms. The highest BCUT2D eigenvalue weighted by Crippen LogP contribution is 2.35.